The van der Waals surface area contributed by atoms with Crippen LogP contribution in [0.5, 0.6) is 0 Å². The molecule has 5 nitrogen and oxygen atoms in total. The molecular weight excluding hydrogens is 266 g/mol. The molecule has 0 amide bonds. The maximum absolute atomic E-state index is 11.0. The molecule has 1 aromatic rings. The first-order valence-electron chi connectivity index (χ1n) is 8.00. The van der Waals surface area contributed by atoms with Crippen molar-refractivity contribution in [1.82, 2.24) is 4.98 Å². The molecule has 1 heterocycles. The zero-order chi connectivity index (χ0) is 15.5. The van der Waals surface area contributed by atoms with Gasteiger partial charge in [-0.05, 0) is 18.9 Å². The van der Waals surface area contributed by atoms with Gasteiger partial charge in [-0.3, -0.25) is 10.1 Å². The lowest BCUT2D eigenvalue weighted by Crippen LogP contribution is -2.06. The molecule has 0 aliphatic heterocycles. The van der Waals surface area contributed by atoms with Crippen molar-refractivity contribution in [2.75, 3.05) is 11.9 Å². The second kappa shape index (κ2) is 10.1. The highest BCUT2D eigenvalue weighted by Crippen LogP contribution is 2.22. The fourth-order valence-corrected chi connectivity index (χ4v) is 2.29. The smallest absolute Gasteiger partial charge is 0.311 e. The van der Waals surface area contributed by atoms with E-state index in [1.165, 1.54) is 44.9 Å². The first-order chi connectivity index (χ1) is 10.1. The molecular formula is C16H27N3O2. The SMILES string of the molecule is CCCCCCCCCCNc1ncc(C)cc1[N+](=O)[O-]. The van der Waals surface area contributed by atoms with Gasteiger partial charge in [0.1, 0.15) is 0 Å². The summed E-state index contributed by atoms with van der Waals surface area (Å²) < 4.78 is 0. The molecule has 0 fully saturated rings. The van der Waals surface area contributed by atoms with E-state index in [2.05, 4.69) is 17.2 Å². The molecule has 0 bridgehead atoms. The summed E-state index contributed by atoms with van der Waals surface area (Å²) in [6, 6.07) is 1.56. The molecule has 21 heavy (non-hydrogen) atoms. The number of nitrogens with zero attached hydrogens (tertiary/aromatic N) is 2. The fraction of sp³-hybridized carbons (Fsp3) is 0.688. The van der Waals surface area contributed by atoms with Crippen molar-refractivity contribution < 1.29 is 4.92 Å². The number of nitro groups is 1. The largest absolute Gasteiger partial charge is 0.364 e. The summed E-state index contributed by atoms with van der Waals surface area (Å²) in [5, 5.41) is 14.0. The monoisotopic (exact) mass is 293 g/mol. The molecule has 0 unspecified atom stereocenters. The van der Waals surface area contributed by atoms with E-state index in [4.69, 9.17) is 0 Å². The number of hydrogen-bond acceptors (Lipinski definition) is 4. The van der Waals surface area contributed by atoms with Crippen LogP contribution in [0.4, 0.5) is 11.5 Å². The van der Waals surface area contributed by atoms with E-state index >= 15 is 0 Å². The summed E-state index contributed by atoms with van der Waals surface area (Å²) in [6.07, 6.45) is 11.7. The lowest BCUT2D eigenvalue weighted by atomic mass is 10.1. The van der Waals surface area contributed by atoms with Gasteiger partial charge in [-0.1, -0.05) is 51.9 Å². The van der Waals surface area contributed by atoms with Gasteiger partial charge in [0.15, 0.2) is 0 Å². The summed E-state index contributed by atoms with van der Waals surface area (Å²) in [4.78, 5) is 14.7. The molecule has 1 N–H and O–H groups in total. The molecule has 0 radical (unpaired) electrons. The Labute approximate surface area is 127 Å². The highest BCUT2D eigenvalue weighted by Gasteiger charge is 2.14. The predicted octanol–water partition coefficient (Wildman–Crippen LogP) is 4.85. The van der Waals surface area contributed by atoms with Crippen LogP contribution in [-0.2, 0) is 0 Å². The zero-order valence-corrected chi connectivity index (χ0v) is 13.2. The van der Waals surface area contributed by atoms with Crippen molar-refractivity contribution in [1.29, 1.82) is 0 Å². The van der Waals surface area contributed by atoms with Crippen LogP contribution in [0.25, 0.3) is 0 Å². The minimum Gasteiger partial charge on any atom is -0.364 e. The van der Waals surface area contributed by atoms with Gasteiger partial charge >= 0.3 is 5.69 Å². The van der Waals surface area contributed by atoms with Crippen molar-refractivity contribution in [3.8, 4) is 0 Å². The third-order valence-corrected chi connectivity index (χ3v) is 3.52. The molecule has 0 aliphatic carbocycles. The molecule has 0 aromatic carbocycles. The number of anilines is 1. The molecule has 5 heteroatoms. The van der Waals surface area contributed by atoms with Crippen LogP contribution in [0.15, 0.2) is 12.3 Å². The number of rotatable bonds is 11. The average molecular weight is 293 g/mol. The van der Waals surface area contributed by atoms with E-state index in [0.717, 1.165) is 18.5 Å². The van der Waals surface area contributed by atoms with Crippen LogP contribution < -0.4 is 5.32 Å². The van der Waals surface area contributed by atoms with E-state index in [0.29, 0.717) is 5.82 Å². The summed E-state index contributed by atoms with van der Waals surface area (Å²) in [7, 11) is 0. The van der Waals surface area contributed by atoms with Crippen LogP contribution >= 0.6 is 0 Å². The lowest BCUT2D eigenvalue weighted by molar-refractivity contribution is -0.384. The highest BCUT2D eigenvalue weighted by molar-refractivity contribution is 5.56. The molecule has 0 saturated heterocycles. The van der Waals surface area contributed by atoms with E-state index in [1.54, 1.807) is 12.3 Å². The standard InChI is InChI=1S/C16H27N3O2/c1-3-4-5-6-7-8-9-10-11-17-16-15(19(20)21)12-14(2)13-18-16/h12-13H,3-11H2,1-2H3,(H,17,18). The van der Waals surface area contributed by atoms with Crippen LogP contribution in [0.1, 0.15) is 63.9 Å². The van der Waals surface area contributed by atoms with Gasteiger partial charge in [-0.2, -0.15) is 0 Å². The number of hydrogen-bond donors (Lipinski definition) is 1. The number of aryl methyl sites for hydroxylation is 1. The quantitative estimate of drug-likeness (QED) is 0.360. The lowest BCUT2D eigenvalue weighted by Gasteiger charge is -2.06. The second-order valence-electron chi connectivity index (χ2n) is 5.54. The van der Waals surface area contributed by atoms with Gasteiger partial charge in [0.05, 0.1) is 4.92 Å². The number of aromatic nitrogens is 1. The van der Waals surface area contributed by atoms with E-state index in [-0.39, 0.29) is 10.6 Å². The van der Waals surface area contributed by atoms with Gasteiger partial charge in [-0.15, -0.1) is 0 Å². The topological polar surface area (TPSA) is 68.1 Å². The maximum atomic E-state index is 11.0. The van der Waals surface area contributed by atoms with E-state index < -0.39 is 0 Å². The van der Waals surface area contributed by atoms with Crippen LogP contribution in [0.2, 0.25) is 0 Å². The Morgan fingerprint density at radius 1 is 1.14 bits per heavy atom. The number of nitrogens with one attached hydrogen (secondary N) is 1. The molecule has 0 spiro atoms. The number of pyridine rings is 1. The normalized spacial score (nSPS) is 10.6. The summed E-state index contributed by atoms with van der Waals surface area (Å²) in [5.74, 6) is 0.383. The van der Waals surface area contributed by atoms with Crippen LogP contribution in [-0.4, -0.2) is 16.5 Å². The molecule has 0 aliphatic rings. The molecule has 118 valence electrons. The summed E-state index contributed by atoms with van der Waals surface area (Å²) in [6.45, 7) is 4.78. The first kappa shape index (κ1) is 17.4. The van der Waals surface area contributed by atoms with Crippen molar-refractivity contribution in [2.45, 2.75) is 65.2 Å². The predicted molar refractivity (Wildman–Crippen MR) is 86.7 cm³/mol. The van der Waals surface area contributed by atoms with Gasteiger partial charge < -0.3 is 5.32 Å². The van der Waals surface area contributed by atoms with Gasteiger partial charge in [-0.25, -0.2) is 4.98 Å². The third kappa shape index (κ3) is 7.06. The molecule has 0 atom stereocenters. The molecule has 1 rings (SSSR count). The van der Waals surface area contributed by atoms with Crippen molar-refractivity contribution in [3.63, 3.8) is 0 Å². The highest BCUT2D eigenvalue weighted by atomic mass is 16.6. The minimum atomic E-state index is -0.379. The van der Waals surface area contributed by atoms with Gasteiger partial charge in [0.2, 0.25) is 5.82 Å². The van der Waals surface area contributed by atoms with E-state index in [9.17, 15) is 10.1 Å². The minimum absolute atomic E-state index is 0.0644. The Bertz CT molecular complexity index is 436. The van der Waals surface area contributed by atoms with Crippen molar-refractivity contribution >= 4 is 11.5 Å². The molecule has 0 saturated carbocycles. The Kier molecular flexibility index (Phi) is 8.40. The summed E-state index contributed by atoms with van der Waals surface area (Å²) in [5.41, 5.74) is 0.869. The van der Waals surface area contributed by atoms with Crippen molar-refractivity contribution in [2.24, 2.45) is 0 Å². The van der Waals surface area contributed by atoms with Gasteiger partial charge in [0.25, 0.3) is 0 Å². The van der Waals surface area contributed by atoms with Gasteiger partial charge in [0, 0.05) is 18.8 Å². The zero-order valence-electron chi connectivity index (χ0n) is 13.2. The van der Waals surface area contributed by atoms with Crippen molar-refractivity contribution in [3.05, 3.63) is 27.9 Å². The Morgan fingerprint density at radius 3 is 2.38 bits per heavy atom. The summed E-state index contributed by atoms with van der Waals surface area (Å²) >= 11 is 0. The maximum Gasteiger partial charge on any atom is 0.311 e. The van der Waals surface area contributed by atoms with Crippen LogP contribution in [0.3, 0.4) is 0 Å². The molecule has 1 aromatic heterocycles. The Hall–Kier alpha value is -1.65. The Morgan fingerprint density at radius 2 is 1.76 bits per heavy atom. The first-order valence-corrected chi connectivity index (χ1v) is 8.00. The van der Waals surface area contributed by atoms with E-state index in [1.807, 2.05) is 6.92 Å². The second-order valence-corrected chi connectivity index (χ2v) is 5.54. The Balaban J connectivity index is 2.20. The fourth-order valence-electron chi connectivity index (χ4n) is 2.29. The van der Waals surface area contributed by atoms with Crippen LogP contribution in [0, 0.1) is 17.0 Å². The third-order valence-electron chi connectivity index (χ3n) is 3.52. The average Bonchev–Trinajstić information content (AvgIpc) is 2.46. The number of unbranched alkanes of at least 4 members (excludes halogenated alkanes) is 7.